The highest BCUT2D eigenvalue weighted by Crippen LogP contribution is 2.33. The van der Waals surface area contributed by atoms with E-state index in [2.05, 4.69) is 9.38 Å². The number of pyridine rings is 1. The van der Waals surface area contributed by atoms with Gasteiger partial charge >= 0.3 is 0 Å². The molecule has 1 aromatic carbocycles. The lowest BCUT2D eigenvalue weighted by atomic mass is 10.1. The quantitative estimate of drug-likeness (QED) is 0.715. The lowest BCUT2D eigenvalue weighted by Crippen LogP contribution is -2.37. The third-order valence-corrected chi connectivity index (χ3v) is 8.56. The van der Waals surface area contributed by atoms with Crippen LogP contribution in [0.5, 0.6) is 0 Å². The fourth-order valence-electron chi connectivity index (χ4n) is 3.77. The third-order valence-electron chi connectivity index (χ3n) is 5.20. The predicted molar refractivity (Wildman–Crippen MR) is 115 cm³/mol. The smallest absolute Gasteiger partial charge is 0.285 e. The van der Waals surface area contributed by atoms with Crippen LogP contribution in [0.2, 0.25) is 0 Å². The van der Waals surface area contributed by atoms with Crippen LogP contribution in [0.3, 0.4) is 0 Å². The SMILES string of the molecule is CC1=C(c2ccccc2)S(=O)(=O)N=C1N1CCCN(S(=O)(=O)c2cccnc2)CC1. The molecule has 1 saturated heterocycles. The Morgan fingerprint density at radius 1 is 0.967 bits per heavy atom. The van der Waals surface area contributed by atoms with Crippen LogP contribution in [0, 0.1) is 0 Å². The van der Waals surface area contributed by atoms with Gasteiger partial charge in [-0.15, -0.1) is 4.40 Å². The molecule has 8 nitrogen and oxygen atoms in total. The molecular weight excluding hydrogens is 424 g/mol. The topological polar surface area (TPSA) is 100 Å². The van der Waals surface area contributed by atoms with Crippen molar-refractivity contribution in [3.8, 4) is 0 Å². The van der Waals surface area contributed by atoms with Gasteiger partial charge in [-0.3, -0.25) is 4.98 Å². The fraction of sp³-hybridized carbons (Fsp3) is 0.300. The third kappa shape index (κ3) is 3.78. The molecule has 1 fully saturated rings. The van der Waals surface area contributed by atoms with Crippen molar-refractivity contribution >= 4 is 30.8 Å². The molecule has 2 aliphatic rings. The summed E-state index contributed by atoms with van der Waals surface area (Å²) in [5.74, 6) is 0.398. The summed E-state index contributed by atoms with van der Waals surface area (Å²) < 4.78 is 56.7. The lowest BCUT2D eigenvalue weighted by Gasteiger charge is -2.23. The van der Waals surface area contributed by atoms with E-state index >= 15 is 0 Å². The zero-order valence-electron chi connectivity index (χ0n) is 16.5. The van der Waals surface area contributed by atoms with Crippen molar-refractivity contribution < 1.29 is 16.8 Å². The van der Waals surface area contributed by atoms with Crippen molar-refractivity contribution in [2.75, 3.05) is 26.2 Å². The number of sulfonamides is 2. The van der Waals surface area contributed by atoms with E-state index in [0.717, 1.165) is 0 Å². The van der Waals surface area contributed by atoms with E-state index in [1.54, 1.807) is 37.3 Å². The van der Waals surface area contributed by atoms with Gasteiger partial charge in [0.15, 0.2) is 0 Å². The highest BCUT2D eigenvalue weighted by atomic mass is 32.2. The molecule has 0 amide bonds. The molecule has 1 aromatic heterocycles. The Morgan fingerprint density at radius 2 is 1.73 bits per heavy atom. The predicted octanol–water partition coefficient (Wildman–Crippen LogP) is 1.95. The van der Waals surface area contributed by atoms with Gasteiger partial charge in [-0.25, -0.2) is 8.42 Å². The molecule has 0 atom stereocenters. The number of hydrogen-bond acceptors (Lipinski definition) is 6. The van der Waals surface area contributed by atoms with Crippen LogP contribution in [-0.2, 0) is 20.0 Å². The lowest BCUT2D eigenvalue weighted by molar-refractivity contribution is 0.408. The average molecular weight is 447 g/mol. The maximum absolute atomic E-state index is 12.9. The second-order valence-corrected chi connectivity index (χ2v) is 10.6. The minimum absolute atomic E-state index is 0.154. The van der Waals surface area contributed by atoms with Crippen molar-refractivity contribution in [3.63, 3.8) is 0 Å². The van der Waals surface area contributed by atoms with Gasteiger partial charge in [0, 0.05) is 44.1 Å². The summed E-state index contributed by atoms with van der Waals surface area (Å²) in [5, 5.41) is 0. The second kappa shape index (κ2) is 7.93. The highest BCUT2D eigenvalue weighted by molar-refractivity contribution is 8.00. The molecule has 2 aliphatic heterocycles. The van der Waals surface area contributed by atoms with E-state index in [1.807, 2.05) is 11.0 Å². The Morgan fingerprint density at radius 3 is 2.43 bits per heavy atom. The van der Waals surface area contributed by atoms with Gasteiger partial charge in [-0.1, -0.05) is 30.3 Å². The standard InChI is InChI=1S/C20H22N4O4S2/c1-16-19(17-7-3-2-4-8-17)29(25,26)22-20(16)23-11-6-12-24(14-13-23)30(27,28)18-9-5-10-21-15-18/h2-5,7-10,15H,6,11-14H2,1H3. The molecule has 0 saturated carbocycles. The van der Waals surface area contributed by atoms with E-state index in [-0.39, 0.29) is 16.3 Å². The van der Waals surface area contributed by atoms with E-state index in [9.17, 15) is 16.8 Å². The second-order valence-electron chi connectivity index (χ2n) is 7.14. The molecule has 0 N–H and O–H groups in total. The van der Waals surface area contributed by atoms with Gasteiger partial charge in [0.2, 0.25) is 10.0 Å². The van der Waals surface area contributed by atoms with Crippen LogP contribution >= 0.6 is 0 Å². The minimum atomic E-state index is -3.80. The number of rotatable bonds is 3. The molecule has 0 radical (unpaired) electrons. The summed E-state index contributed by atoms with van der Waals surface area (Å²) in [6.45, 7) is 3.22. The molecule has 0 bridgehead atoms. The van der Waals surface area contributed by atoms with Gasteiger partial charge in [0.25, 0.3) is 10.0 Å². The largest absolute Gasteiger partial charge is 0.354 e. The Hall–Kier alpha value is -2.56. The van der Waals surface area contributed by atoms with Crippen molar-refractivity contribution in [1.29, 1.82) is 0 Å². The zero-order valence-corrected chi connectivity index (χ0v) is 18.1. The zero-order chi connectivity index (χ0) is 21.4. The van der Waals surface area contributed by atoms with E-state index < -0.39 is 20.0 Å². The van der Waals surface area contributed by atoms with Crippen LogP contribution in [0.15, 0.2) is 69.7 Å². The Balaban J connectivity index is 1.59. The van der Waals surface area contributed by atoms with Crippen LogP contribution in [-0.4, -0.2) is 63.0 Å². The van der Waals surface area contributed by atoms with Crippen molar-refractivity contribution in [3.05, 3.63) is 66.0 Å². The van der Waals surface area contributed by atoms with E-state index in [1.165, 1.54) is 22.8 Å². The van der Waals surface area contributed by atoms with Gasteiger partial charge < -0.3 is 4.90 Å². The maximum atomic E-state index is 12.9. The van der Waals surface area contributed by atoms with Crippen LogP contribution in [0.25, 0.3) is 4.91 Å². The summed E-state index contributed by atoms with van der Waals surface area (Å²) in [5.41, 5.74) is 1.19. The summed E-state index contributed by atoms with van der Waals surface area (Å²) in [6, 6.07) is 12.0. The number of benzene rings is 1. The molecule has 4 rings (SSSR count). The first-order valence-corrected chi connectivity index (χ1v) is 12.5. The van der Waals surface area contributed by atoms with Gasteiger partial charge in [0.05, 0.1) is 0 Å². The van der Waals surface area contributed by atoms with Gasteiger partial charge in [-0.05, 0) is 31.0 Å². The summed E-state index contributed by atoms with van der Waals surface area (Å²) >= 11 is 0. The molecule has 3 heterocycles. The Bertz CT molecular complexity index is 1210. The summed E-state index contributed by atoms with van der Waals surface area (Å²) in [4.78, 5) is 6.13. The fourth-order valence-corrected chi connectivity index (χ4v) is 6.69. The number of amidine groups is 1. The van der Waals surface area contributed by atoms with Gasteiger partial charge in [-0.2, -0.15) is 12.7 Å². The molecule has 0 aliphatic carbocycles. The van der Waals surface area contributed by atoms with Crippen molar-refractivity contribution in [1.82, 2.24) is 14.2 Å². The van der Waals surface area contributed by atoms with Crippen molar-refractivity contribution in [2.45, 2.75) is 18.2 Å². The highest BCUT2D eigenvalue weighted by Gasteiger charge is 2.35. The minimum Gasteiger partial charge on any atom is -0.354 e. The van der Waals surface area contributed by atoms with Gasteiger partial charge in [0.1, 0.15) is 15.6 Å². The first-order chi connectivity index (χ1) is 14.3. The number of hydrogen-bond donors (Lipinski definition) is 0. The molecule has 2 aromatic rings. The van der Waals surface area contributed by atoms with Crippen LogP contribution in [0.4, 0.5) is 0 Å². The Kier molecular flexibility index (Phi) is 5.48. The number of aromatic nitrogens is 1. The monoisotopic (exact) mass is 446 g/mol. The normalized spacial score (nSPS) is 20.2. The van der Waals surface area contributed by atoms with Crippen LogP contribution in [0.1, 0.15) is 18.9 Å². The van der Waals surface area contributed by atoms with Crippen molar-refractivity contribution in [2.24, 2.45) is 4.40 Å². The Labute approximate surface area is 176 Å². The first kappa shape index (κ1) is 20.7. The summed E-state index contributed by atoms with van der Waals surface area (Å²) in [7, 11) is -7.45. The molecule has 30 heavy (non-hydrogen) atoms. The maximum Gasteiger partial charge on any atom is 0.285 e. The number of nitrogens with zero attached hydrogens (tertiary/aromatic N) is 4. The molecule has 158 valence electrons. The van der Waals surface area contributed by atoms with E-state index in [4.69, 9.17) is 0 Å². The van der Waals surface area contributed by atoms with Crippen LogP contribution < -0.4 is 0 Å². The molecular formula is C20H22N4O4S2. The molecule has 0 spiro atoms. The average Bonchev–Trinajstić information content (AvgIpc) is 2.90. The van der Waals surface area contributed by atoms with E-state index in [0.29, 0.717) is 43.0 Å². The molecule has 0 unspecified atom stereocenters. The molecule has 10 heteroatoms. The summed E-state index contributed by atoms with van der Waals surface area (Å²) in [6.07, 6.45) is 3.43. The first-order valence-electron chi connectivity index (χ1n) is 9.57.